The topological polar surface area (TPSA) is 112 Å². The molecule has 0 aliphatic carbocycles. The minimum atomic E-state index is -0.664. The SMILES string of the molecule is CCCCCCCC/C=C\CCCCCCCC(=O)O.CCCCCCCC/C=C\CCCCCCCC(=O)O.CCCCCCCC/C=C\CCCCCCCC(=O)O.[Dy]. The van der Waals surface area contributed by atoms with E-state index < -0.39 is 17.9 Å². The van der Waals surface area contributed by atoms with Gasteiger partial charge in [0.1, 0.15) is 0 Å². The van der Waals surface area contributed by atoms with Crippen LogP contribution in [-0.4, -0.2) is 33.2 Å². The molecule has 3 N–H and O–H groups in total. The summed E-state index contributed by atoms with van der Waals surface area (Å²) < 4.78 is 0. The Morgan fingerprint density at radius 2 is 0.410 bits per heavy atom. The number of rotatable bonds is 45. The van der Waals surface area contributed by atoms with Crippen LogP contribution in [0.5, 0.6) is 0 Å². The standard InChI is InChI=1S/3C18H34O2.Dy/c3*1-2-3-4-5-6-7-8-9-10-11-12-13-14-15-16-17-18(19)20;/h3*9-10H,2-8,11-17H2,1H3,(H,19,20);/b3*10-9-;. The summed E-state index contributed by atoms with van der Waals surface area (Å²) in [6.07, 6.45) is 63.7. The molecular formula is C54H102DyO6. The van der Waals surface area contributed by atoms with Crippen molar-refractivity contribution in [3.8, 4) is 0 Å². The van der Waals surface area contributed by atoms with Crippen molar-refractivity contribution in [2.75, 3.05) is 0 Å². The molecule has 0 unspecified atom stereocenters. The Balaban J connectivity index is -0.000000396. The fourth-order valence-electron chi connectivity index (χ4n) is 7.04. The number of hydrogen-bond acceptors (Lipinski definition) is 3. The molecule has 61 heavy (non-hydrogen) atoms. The van der Waals surface area contributed by atoms with Crippen molar-refractivity contribution < 1.29 is 67.9 Å². The Bertz CT molecular complexity index is 827. The second kappa shape index (κ2) is 63.2. The van der Waals surface area contributed by atoms with Crippen LogP contribution in [0.25, 0.3) is 0 Å². The summed E-state index contributed by atoms with van der Waals surface area (Å²) in [6, 6.07) is 0. The molecule has 0 fully saturated rings. The quantitative estimate of drug-likeness (QED) is 0.0414. The number of allylic oxidation sites excluding steroid dienone is 6. The molecule has 0 aromatic heterocycles. The third-order valence-electron chi connectivity index (χ3n) is 11.0. The van der Waals surface area contributed by atoms with Crippen molar-refractivity contribution in [1.29, 1.82) is 0 Å². The smallest absolute Gasteiger partial charge is 0.303 e. The van der Waals surface area contributed by atoms with Gasteiger partial charge in [-0.1, -0.05) is 211 Å². The summed E-state index contributed by atoms with van der Waals surface area (Å²) in [4.78, 5) is 31.0. The van der Waals surface area contributed by atoms with Crippen molar-refractivity contribution in [2.45, 2.75) is 290 Å². The molecule has 0 aromatic carbocycles. The average molecular weight is 1010 g/mol. The maximum Gasteiger partial charge on any atom is 0.303 e. The van der Waals surface area contributed by atoms with Gasteiger partial charge in [-0.25, -0.2) is 0 Å². The van der Waals surface area contributed by atoms with E-state index in [1.807, 2.05) is 0 Å². The first kappa shape index (κ1) is 66.5. The molecule has 6 nitrogen and oxygen atoms in total. The van der Waals surface area contributed by atoms with Crippen LogP contribution in [0.15, 0.2) is 36.5 Å². The van der Waals surface area contributed by atoms with E-state index in [1.54, 1.807) is 0 Å². The minimum Gasteiger partial charge on any atom is -0.481 e. The first-order valence-corrected chi connectivity index (χ1v) is 25.9. The Morgan fingerprint density at radius 3 is 0.574 bits per heavy atom. The molecule has 0 amide bonds. The van der Waals surface area contributed by atoms with Crippen LogP contribution < -0.4 is 0 Å². The second-order valence-corrected chi connectivity index (χ2v) is 17.2. The third-order valence-corrected chi connectivity index (χ3v) is 11.0. The summed E-state index contributed by atoms with van der Waals surface area (Å²) in [6.45, 7) is 6.78. The first-order chi connectivity index (χ1) is 29.3. The van der Waals surface area contributed by atoms with Gasteiger partial charge in [-0.2, -0.15) is 0 Å². The van der Waals surface area contributed by atoms with Crippen LogP contribution in [0.1, 0.15) is 290 Å². The van der Waals surface area contributed by atoms with Gasteiger partial charge in [0.25, 0.3) is 0 Å². The molecular weight excluding hydrogens is 907 g/mol. The van der Waals surface area contributed by atoms with E-state index in [0.717, 1.165) is 38.5 Å². The summed E-state index contributed by atoms with van der Waals surface area (Å²) in [5, 5.41) is 25.5. The van der Waals surface area contributed by atoms with Gasteiger partial charge in [0.15, 0.2) is 0 Å². The molecule has 0 heterocycles. The molecule has 0 spiro atoms. The van der Waals surface area contributed by atoms with E-state index in [9.17, 15) is 14.4 Å². The Morgan fingerprint density at radius 1 is 0.262 bits per heavy atom. The number of unbranched alkanes of at least 4 members (excludes halogenated alkanes) is 33. The summed E-state index contributed by atoms with van der Waals surface area (Å²) in [5.74, 6) is -1.99. The van der Waals surface area contributed by atoms with Crippen LogP contribution in [0.3, 0.4) is 0 Å². The molecule has 0 rings (SSSR count). The molecule has 0 aromatic rings. The van der Waals surface area contributed by atoms with Crippen LogP contribution in [0.4, 0.5) is 0 Å². The van der Waals surface area contributed by atoms with E-state index in [4.69, 9.17) is 15.3 Å². The summed E-state index contributed by atoms with van der Waals surface area (Å²) >= 11 is 0. The third kappa shape index (κ3) is 76.6. The molecule has 0 saturated heterocycles. The Hall–Kier alpha value is -1.10. The van der Waals surface area contributed by atoms with E-state index in [2.05, 4.69) is 57.2 Å². The zero-order chi connectivity index (χ0) is 44.7. The molecule has 0 bridgehead atoms. The molecule has 0 aliphatic rings. The van der Waals surface area contributed by atoms with E-state index in [0.29, 0.717) is 19.3 Å². The molecule has 0 saturated carbocycles. The maximum absolute atomic E-state index is 10.3. The Kier molecular flexibility index (Phi) is 68.9. The zero-order valence-corrected chi connectivity index (χ0v) is 42.6. The monoisotopic (exact) mass is 1010 g/mol. The summed E-state index contributed by atoms with van der Waals surface area (Å²) in [7, 11) is 0. The second-order valence-electron chi connectivity index (χ2n) is 17.2. The van der Waals surface area contributed by atoms with Crippen molar-refractivity contribution in [2.24, 2.45) is 0 Å². The van der Waals surface area contributed by atoms with Gasteiger partial charge in [0, 0.05) is 57.4 Å². The fourth-order valence-corrected chi connectivity index (χ4v) is 7.04. The normalized spacial score (nSPS) is 11.1. The van der Waals surface area contributed by atoms with Gasteiger partial charge in [-0.05, 0) is 96.3 Å². The van der Waals surface area contributed by atoms with Gasteiger partial charge in [0.05, 0.1) is 0 Å². The predicted octanol–water partition coefficient (Wildman–Crippen LogP) is 18.3. The maximum atomic E-state index is 10.3. The minimum absolute atomic E-state index is 0. The van der Waals surface area contributed by atoms with Crippen LogP contribution in [0.2, 0.25) is 0 Å². The fraction of sp³-hybridized carbons (Fsp3) is 0.833. The van der Waals surface area contributed by atoms with Crippen LogP contribution in [-0.2, 0) is 14.4 Å². The summed E-state index contributed by atoms with van der Waals surface area (Å²) in [5.41, 5.74) is 0. The van der Waals surface area contributed by atoms with Crippen molar-refractivity contribution >= 4 is 17.9 Å². The number of carbonyl (C=O) groups is 3. The van der Waals surface area contributed by atoms with Crippen molar-refractivity contribution in [3.05, 3.63) is 36.5 Å². The average Bonchev–Trinajstić information content (AvgIpc) is 3.22. The van der Waals surface area contributed by atoms with E-state index in [-0.39, 0.29) is 38.2 Å². The number of carboxylic acids is 3. The van der Waals surface area contributed by atoms with Crippen LogP contribution >= 0.6 is 0 Å². The van der Waals surface area contributed by atoms with E-state index in [1.165, 1.54) is 212 Å². The molecule has 0 atom stereocenters. The molecule has 0 radical (unpaired) electrons. The first-order valence-electron chi connectivity index (χ1n) is 25.9. The molecule has 7 heteroatoms. The van der Waals surface area contributed by atoms with Gasteiger partial charge >= 0.3 is 17.9 Å². The number of hydrogen-bond donors (Lipinski definition) is 3. The van der Waals surface area contributed by atoms with Gasteiger partial charge in [-0.3, -0.25) is 14.4 Å². The van der Waals surface area contributed by atoms with Gasteiger partial charge in [0.2, 0.25) is 0 Å². The largest absolute Gasteiger partial charge is 0.481 e. The predicted molar refractivity (Wildman–Crippen MR) is 261 cm³/mol. The Labute approximate surface area is 409 Å². The van der Waals surface area contributed by atoms with Crippen molar-refractivity contribution in [3.63, 3.8) is 0 Å². The number of carboxylic acid groups (broad SMARTS) is 3. The van der Waals surface area contributed by atoms with Gasteiger partial charge in [-0.15, -0.1) is 0 Å². The van der Waals surface area contributed by atoms with Crippen molar-refractivity contribution in [1.82, 2.24) is 0 Å². The number of aliphatic carboxylic acids is 3. The zero-order valence-electron chi connectivity index (χ0n) is 40.5. The van der Waals surface area contributed by atoms with Gasteiger partial charge < -0.3 is 15.3 Å². The molecule has 364 valence electrons. The van der Waals surface area contributed by atoms with Crippen LogP contribution in [0, 0.1) is 38.2 Å². The van der Waals surface area contributed by atoms with E-state index >= 15 is 0 Å². The molecule has 0 aliphatic heterocycles.